The first kappa shape index (κ1) is 19.4. The summed E-state index contributed by atoms with van der Waals surface area (Å²) in [5.74, 6) is 0.542. The van der Waals surface area contributed by atoms with Crippen molar-refractivity contribution in [3.8, 4) is 0 Å². The van der Waals surface area contributed by atoms with Crippen LogP contribution in [0.15, 0.2) is 36.4 Å². The number of fused-ring (bicyclic) bond motifs is 1. The zero-order valence-corrected chi connectivity index (χ0v) is 17.8. The van der Waals surface area contributed by atoms with E-state index in [2.05, 4.69) is 23.5 Å². The number of nitrogens with one attached hydrogen (secondary N) is 2. The zero-order valence-electron chi connectivity index (χ0n) is 16.2. The molecular formula is C22H25ClN3OS+. The van der Waals surface area contributed by atoms with Crippen LogP contribution in [0.1, 0.15) is 34.9 Å². The fourth-order valence-electron chi connectivity index (χ4n) is 4.00. The average molecular weight is 415 g/mol. The minimum atomic E-state index is 0.0299. The highest BCUT2D eigenvalue weighted by atomic mass is 35.5. The summed E-state index contributed by atoms with van der Waals surface area (Å²) >= 11 is 8.13. The summed E-state index contributed by atoms with van der Waals surface area (Å²) in [6.45, 7) is 6.45. The lowest BCUT2D eigenvalue weighted by Crippen LogP contribution is -3.14. The van der Waals surface area contributed by atoms with Crippen molar-refractivity contribution in [1.29, 1.82) is 0 Å². The number of anilines is 1. The number of aromatic nitrogens is 1. The number of likely N-dealkylation sites (tertiary alicyclic amines) is 1. The summed E-state index contributed by atoms with van der Waals surface area (Å²) in [6.07, 6.45) is 2.15. The molecular weight excluding hydrogens is 390 g/mol. The molecule has 1 saturated heterocycles. The van der Waals surface area contributed by atoms with Gasteiger partial charge in [0.05, 0.1) is 39.0 Å². The standard InChI is InChI=1S/C22H24ClN3OS/c1-14-11-15(2)21(17(23)12-14)25-20(27)13-26-9-7-16(8-10-26)22-24-18-5-3-4-6-19(18)28-22/h3-6,11-12,16H,7-10,13H2,1-2H3,(H,25,27)/p+1. The number of quaternary nitrogens is 1. The number of nitrogens with zero attached hydrogens (tertiary/aromatic N) is 1. The predicted octanol–water partition coefficient (Wildman–Crippen LogP) is 3.97. The fourth-order valence-corrected chi connectivity index (χ4v) is 5.50. The highest BCUT2D eigenvalue weighted by molar-refractivity contribution is 7.18. The van der Waals surface area contributed by atoms with Gasteiger partial charge in [0, 0.05) is 18.8 Å². The van der Waals surface area contributed by atoms with E-state index in [1.54, 1.807) is 0 Å². The molecule has 0 bridgehead atoms. The van der Waals surface area contributed by atoms with Crippen molar-refractivity contribution in [2.24, 2.45) is 0 Å². The van der Waals surface area contributed by atoms with E-state index in [-0.39, 0.29) is 5.91 Å². The van der Waals surface area contributed by atoms with Crippen LogP contribution in [0.5, 0.6) is 0 Å². The molecule has 0 aliphatic carbocycles. The molecule has 1 aromatic heterocycles. The quantitative estimate of drug-likeness (QED) is 0.678. The summed E-state index contributed by atoms with van der Waals surface area (Å²) in [7, 11) is 0. The van der Waals surface area contributed by atoms with E-state index in [1.807, 2.05) is 43.4 Å². The first-order valence-corrected chi connectivity index (χ1v) is 10.9. The molecule has 0 radical (unpaired) electrons. The lowest BCUT2D eigenvalue weighted by Gasteiger charge is -2.28. The van der Waals surface area contributed by atoms with Gasteiger partial charge in [-0.25, -0.2) is 4.98 Å². The summed E-state index contributed by atoms with van der Waals surface area (Å²) in [4.78, 5) is 18.7. The number of halogens is 1. The van der Waals surface area contributed by atoms with Crippen LogP contribution in [0.25, 0.3) is 10.2 Å². The first-order chi connectivity index (χ1) is 13.5. The number of amides is 1. The number of benzene rings is 2. The summed E-state index contributed by atoms with van der Waals surface area (Å²) < 4.78 is 1.26. The smallest absolute Gasteiger partial charge is 0.279 e. The van der Waals surface area contributed by atoms with Gasteiger partial charge in [0.2, 0.25) is 0 Å². The molecule has 0 unspecified atom stereocenters. The SMILES string of the molecule is Cc1cc(C)c(NC(=O)C[NH+]2CCC(c3nc4ccccc4s3)CC2)c(Cl)c1. The van der Waals surface area contributed by atoms with Gasteiger partial charge in [-0.2, -0.15) is 0 Å². The molecule has 2 heterocycles. The Hall–Kier alpha value is -1.95. The number of carbonyl (C=O) groups excluding carboxylic acids is 1. The van der Waals surface area contributed by atoms with Gasteiger partial charge < -0.3 is 10.2 Å². The molecule has 4 nitrogen and oxygen atoms in total. The van der Waals surface area contributed by atoms with Crippen molar-refractivity contribution in [2.45, 2.75) is 32.6 Å². The number of hydrogen-bond donors (Lipinski definition) is 2. The molecule has 1 aliphatic rings. The largest absolute Gasteiger partial charge is 0.327 e. The molecule has 2 N–H and O–H groups in total. The van der Waals surface area contributed by atoms with Crippen molar-refractivity contribution in [2.75, 3.05) is 25.0 Å². The predicted molar refractivity (Wildman–Crippen MR) is 117 cm³/mol. The van der Waals surface area contributed by atoms with Gasteiger partial charge in [0.25, 0.3) is 5.91 Å². The molecule has 3 aromatic rings. The van der Waals surface area contributed by atoms with E-state index in [4.69, 9.17) is 16.6 Å². The number of hydrogen-bond acceptors (Lipinski definition) is 3. The number of thiazole rings is 1. The van der Waals surface area contributed by atoms with E-state index < -0.39 is 0 Å². The number of aryl methyl sites for hydroxylation is 2. The van der Waals surface area contributed by atoms with Gasteiger partial charge in [0.1, 0.15) is 0 Å². The molecule has 0 atom stereocenters. The molecule has 146 valence electrons. The van der Waals surface area contributed by atoms with Crippen LogP contribution in [0.3, 0.4) is 0 Å². The Labute approximate surface area is 174 Å². The van der Waals surface area contributed by atoms with Gasteiger partial charge in [-0.1, -0.05) is 29.8 Å². The fraction of sp³-hybridized carbons (Fsp3) is 0.364. The second-order valence-corrected chi connectivity index (χ2v) is 9.18. The third kappa shape index (κ3) is 4.22. The molecule has 1 amide bonds. The second kappa shape index (κ2) is 8.19. The molecule has 0 spiro atoms. The van der Waals surface area contributed by atoms with Crippen molar-refractivity contribution < 1.29 is 9.69 Å². The molecule has 0 saturated carbocycles. The van der Waals surface area contributed by atoms with Crippen LogP contribution < -0.4 is 10.2 Å². The van der Waals surface area contributed by atoms with Gasteiger partial charge in [0.15, 0.2) is 6.54 Å². The van der Waals surface area contributed by atoms with Gasteiger partial charge in [-0.15, -0.1) is 11.3 Å². The molecule has 1 aliphatic heterocycles. The average Bonchev–Trinajstić information content (AvgIpc) is 3.09. The topological polar surface area (TPSA) is 46.4 Å². The van der Waals surface area contributed by atoms with Crippen LogP contribution >= 0.6 is 22.9 Å². The van der Waals surface area contributed by atoms with Crippen LogP contribution in [0.4, 0.5) is 5.69 Å². The van der Waals surface area contributed by atoms with Crippen molar-refractivity contribution in [1.82, 2.24) is 4.98 Å². The summed E-state index contributed by atoms with van der Waals surface area (Å²) in [5, 5.41) is 4.86. The van der Waals surface area contributed by atoms with Crippen LogP contribution in [0.2, 0.25) is 5.02 Å². The Morgan fingerprint density at radius 1 is 1.25 bits per heavy atom. The van der Waals surface area contributed by atoms with Crippen molar-refractivity contribution >= 4 is 44.7 Å². The summed E-state index contributed by atoms with van der Waals surface area (Å²) in [6, 6.07) is 12.3. The van der Waals surface area contributed by atoms with E-state index >= 15 is 0 Å². The van der Waals surface area contributed by atoms with E-state index in [9.17, 15) is 4.79 Å². The van der Waals surface area contributed by atoms with E-state index in [0.29, 0.717) is 17.5 Å². The van der Waals surface area contributed by atoms with Gasteiger partial charge in [-0.3, -0.25) is 4.79 Å². The van der Waals surface area contributed by atoms with Crippen molar-refractivity contribution in [3.05, 3.63) is 57.6 Å². The maximum Gasteiger partial charge on any atom is 0.279 e. The maximum atomic E-state index is 12.5. The maximum absolute atomic E-state index is 12.5. The number of carbonyl (C=O) groups is 1. The third-order valence-electron chi connectivity index (χ3n) is 5.46. The third-order valence-corrected chi connectivity index (χ3v) is 6.96. The molecule has 28 heavy (non-hydrogen) atoms. The number of para-hydroxylation sites is 1. The second-order valence-electron chi connectivity index (χ2n) is 7.71. The zero-order chi connectivity index (χ0) is 19.7. The number of rotatable bonds is 4. The molecule has 4 rings (SSSR count). The van der Waals surface area contributed by atoms with Crippen LogP contribution in [0, 0.1) is 13.8 Å². The lowest BCUT2D eigenvalue weighted by molar-refractivity contribution is -0.897. The minimum Gasteiger partial charge on any atom is -0.327 e. The lowest BCUT2D eigenvalue weighted by atomic mass is 9.97. The summed E-state index contributed by atoms with van der Waals surface area (Å²) in [5.41, 5.74) is 3.94. The highest BCUT2D eigenvalue weighted by Crippen LogP contribution is 2.31. The van der Waals surface area contributed by atoms with E-state index in [1.165, 1.54) is 14.6 Å². The van der Waals surface area contributed by atoms with E-state index in [0.717, 1.165) is 48.3 Å². The van der Waals surface area contributed by atoms with Crippen molar-refractivity contribution in [3.63, 3.8) is 0 Å². The Bertz CT molecular complexity index is 952. The number of piperidine rings is 1. The normalized spacial score (nSPS) is 19.7. The Morgan fingerprint density at radius 2 is 2.00 bits per heavy atom. The highest BCUT2D eigenvalue weighted by Gasteiger charge is 2.27. The van der Waals surface area contributed by atoms with Crippen LogP contribution in [-0.4, -0.2) is 30.5 Å². The minimum absolute atomic E-state index is 0.0299. The molecule has 6 heteroatoms. The van der Waals surface area contributed by atoms with Crippen LogP contribution in [-0.2, 0) is 4.79 Å². The first-order valence-electron chi connectivity index (χ1n) is 9.75. The molecule has 1 fully saturated rings. The Kier molecular flexibility index (Phi) is 5.67. The Morgan fingerprint density at radius 3 is 2.71 bits per heavy atom. The Balaban J connectivity index is 1.33. The molecule has 2 aromatic carbocycles. The van der Waals surface area contributed by atoms with Gasteiger partial charge in [-0.05, 0) is 43.2 Å². The monoisotopic (exact) mass is 414 g/mol. The van der Waals surface area contributed by atoms with Gasteiger partial charge >= 0.3 is 0 Å².